The topological polar surface area (TPSA) is 86.8 Å². The number of rotatable bonds is 10. The summed E-state index contributed by atoms with van der Waals surface area (Å²) in [5.74, 6) is -0.701. The molecule has 1 fully saturated rings. The highest BCUT2D eigenvalue weighted by molar-refractivity contribution is 9.10. The van der Waals surface area contributed by atoms with Crippen LogP contribution in [0.5, 0.6) is 0 Å². The molecule has 9 heteroatoms. The quantitative estimate of drug-likeness (QED) is 0.311. The number of carbonyl (C=O) groups excluding carboxylic acids is 2. The van der Waals surface area contributed by atoms with E-state index in [0.717, 1.165) is 46.7 Å². The molecule has 1 aliphatic rings. The fourth-order valence-electron chi connectivity index (χ4n) is 4.86. The van der Waals surface area contributed by atoms with Crippen LogP contribution in [0.15, 0.2) is 82.2 Å². The molecule has 0 bridgehead atoms. The zero-order valence-corrected chi connectivity index (χ0v) is 25.5. The van der Waals surface area contributed by atoms with E-state index in [-0.39, 0.29) is 23.4 Å². The molecule has 0 saturated heterocycles. The number of halogens is 1. The van der Waals surface area contributed by atoms with Crippen LogP contribution in [0.25, 0.3) is 0 Å². The number of hydrogen-bond donors (Lipinski definition) is 1. The summed E-state index contributed by atoms with van der Waals surface area (Å²) in [6.45, 7) is 5.28. The van der Waals surface area contributed by atoms with E-state index in [1.807, 2.05) is 38.1 Å². The molecule has 3 aromatic carbocycles. The van der Waals surface area contributed by atoms with Crippen molar-refractivity contribution in [2.24, 2.45) is 0 Å². The van der Waals surface area contributed by atoms with Gasteiger partial charge in [-0.15, -0.1) is 0 Å². The molecular formula is C31H36BrN3O4S. The highest BCUT2D eigenvalue weighted by atomic mass is 79.9. The Labute approximate surface area is 245 Å². The number of amides is 2. The minimum atomic E-state index is -4.09. The van der Waals surface area contributed by atoms with E-state index in [2.05, 4.69) is 21.2 Å². The molecule has 7 nitrogen and oxygen atoms in total. The fourth-order valence-corrected chi connectivity index (χ4v) is 6.66. The molecule has 1 atom stereocenters. The van der Waals surface area contributed by atoms with E-state index >= 15 is 0 Å². The van der Waals surface area contributed by atoms with Crippen molar-refractivity contribution < 1.29 is 18.0 Å². The number of hydrogen-bond acceptors (Lipinski definition) is 4. The van der Waals surface area contributed by atoms with Gasteiger partial charge in [-0.2, -0.15) is 0 Å². The van der Waals surface area contributed by atoms with Gasteiger partial charge in [0.15, 0.2) is 0 Å². The van der Waals surface area contributed by atoms with Crippen molar-refractivity contribution in [3.8, 4) is 0 Å². The summed E-state index contributed by atoms with van der Waals surface area (Å²) >= 11 is 3.42. The first-order chi connectivity index (χ1) is 19.0. The average Bonchev–Trinajstić information content (AvgIpc) is 3.44. The van der Waals surface area contributed by atoms with Crippen LogP contribution >= 0.6 is 15.9 Å². The highest BCUT2D eigenvalue weighted by Gasteiger charge is 2.33. The van der Waals surface area contributed by atoms with Gasteiger partial charge in [0.25, 0.3) is 10.0 Å². The molecule has 2 amide bonds. The van der Waals surface area contributed by atoms with Crippen molar-refractivity contribution in [3.63, 3.8) is 0 Å². The molecule has 40 heavy (non-hydrogen) atoms. The Morgan fingerprint density at radius 1 is 0.950 bits per heavy atom. The third-order valence-electron chi connectivity index (χ3n) is 7.33. The van der Waals surface area contributed by atoms with Gasteiger partial charge in [-0.05, 0) is 69.5 Å². The Morgan fingerprint density at radius 2 is 1.55 bits per heavy atom. The maximum absolute atomic E-state index is 14.0. The molecule has 0 radical (unpaired) electrons. The first-order valence-corrected chi connectivity index (χ1v) is 15.8. The molecule has 1 unspecified atom stereocenters. The van der Waals surface area contributed by atoms with Gasteiger partial charge in [-0.3, -0.25) is 13.9 Å². The number of sulfonamides is 1. The lowest BCUT2D eigenvalue weighted by Gasteiger charge is -2.32. The first-order valence-electron chi connectivity index (χ1n) is 13.5. The number of carbonyl (C=O) groups is 2. The number of aryl methyl sites for hydroxylation is 2. The summed E-state index contributed by atoms with van der Waals surface area (Å²) in [6.07, 6.45) is 4.00. The second-order valence-corrected chi connectivity index (χ2v) is 13.3. The number of nitrogens with zero attached hydrogens (tertiary/aromatic N) is 2. The largest absolute Gasteiger partial charge is 0.352 e. The first kappa shape index (κ1) is 29.8. The summed E-state index contributed by atoms with van der Waals surface area (Å²) < 4.78 is 29.6. The summed E-state index contributed by atoms with van der Waals surface area (Å²) in [6, 6.07) is 20.5. The Kier molecular flexibility index (Phi) is 9.68. The second-order valence-electron chi connectivity index (χ2n) is 10.5. The van der Waals surface area contributed by atoms with Crippen molar-refractivity contribution in [2.45, 2.75) is 70.0 Å². The smallest absolute Gasteiger partial charge is 0.264 e. The monoisotopic (exact) mass is 625 g/mol. The van der Waals surface area contributed by atoms with Crippen LogP contribution in [0, 0.1) is 13.8 Å². The van der Waals surface area contributed by atoms with E-state index in [1.165, 1.54) is 4.90 Å². The summed E-state index contributed by atoms with van der Waals surface area (Å²) in [5.41, 5.74) is 3.21. The third-order valence-corrected chi connectivity index (χ3v) is 9.61. The normalized spacial score (nSPS) is 14.5. The van der Waals surface area contributed by atoms with Gasteiger partial charge in [-0.1, -0.05) is 82.4 Å². The second kappa shape index (κ2) is 13.0. The Bertz CT molecular complexity index is 1440. The molecule has 0 aliphatic heterocycles. The van der Waals surface area contributed by atoms with E-state index in [1.54, 1.807) is 55.5 Å². The van der Waals surface area contributed by atoms with E-state index in [4.69, 9.17) is 0 Å². The van der Waals surface area contributed by atoms with Crippen LogP contribution in [0.3, 0.4) is 0 Å². The third kappa shape index (κ3) is 7.31. The fraction of sp³-hybridized carbons (Fsp3) is 0.355. The summed E-state index contributed by atoms with van der Waals surface area (Å²) in [5, 5.41) is 3.09. The van der Waals surface area contributed by atoms with Crippen LogP contribution < -0.4 is 9.62 Å². The predicted molar refractivity (Wildman–Crippen MR) is 161 cm³/mol. The maximum atomic E-state index is 14.0. The zero-order chi connectivity index (χ0) is 28.9. The van der Waals surface area contributed by atoms with Gasteiger partial charge in [-0.25, -0.2) is 8.42 Å². The van der Waals surface area contributed by atoms with Gasteiger partial charge >= 0.3 is 0 Å². The van der Waals surface area contributed by atoms with Gasteiger partial charge in [0.05, 0.1) is 10.6 Å². The molecule has 0 heterocycles. The standard InChI is InChI=1S/C31H36BrN3O4S/c1-22-11-15-25(16-12-22)20-34(24(3)31(37)33-27-8-4-5-9-27)30(36)21-35(28-10-6-7-26(32)19-28)40(38,39)29-17-13-23(2)14-18-29/h6-7,10-19,24,27H,4-5,8-9,20-21H2,1-3H3,(H,33,37). The minimum Gasteiger partial charge on any atom is -0.352 e. The van der Waals surface area contributed by atoms with Crippen molar-refractivity contribution in [1.82, 2.24) is 10.2 Å². The van der Waals surface area contributed by atoms with Gasteiger partial charge in [0, 0.05) is 17.1 Å². The number of nitrogens with one attached hydrogen (secondary N) is 1. The molecule has 0 aromatic heterocycles. The van der Waals surface area contributed by atoms with Crippen LogP contribution in [-0.2, 0) is 26.2 Å². The van der Waals surface area contributed by atoms with Crippen LogP contribution in [-0.4, -0.2) is 43.8 Å². The molecular weight excluding hydrogens is 590 g/mol. The van der Waals surface area contributed by atoms with Crippen LogP contribution in [0.2, 0.25) is 0 Å². The maximum Gasteiger partial charge on any atom is 0.264 e. The van der Waals surface area contributed by atoms with Crippen molar-refractivity contribution in [1.29, 1.82) is 0 Å². The molecule has 212 valence electrons. The van der Waals surface area contributed by atoms with Crippen molar-refractivity contribution >= 4 is 43.5 Å². The van der Waals surface area contributed by atoms with Gasteiger partial charge in [0.2, 0.25) is 11.8 Å². The molecule has 3 aromatic rings. The van der Waals surface area contributed by atoms with Gasteiger partial charge < -0.3 is 10.2 Å². The van der Waals surface area contributed by atoms with E-state index in [9.17, 15) is 18.0 Å². The van der Waals surface area contributed by atoms with Crippen LogP contribution in [0.1, 0.15) is 49.3 Å². The molecule has 4 rings (SSSR count). The van der Waals surface area contributed by atoms with E-state index < -0.39 is 28.5 Å². The Balaban J connectivity index is 1.68. The molecule has 1 aliphatic carbocycles. The summed E-state index contributed by atoms with van der Waals surface area (Å²) in [7, 11) is -4.09. The number of anilines is 1. The van der Waals surface area contributed by atoms with E-state index in [0.29, 0.717) is 10.2 Å². The molecule has 1 saturated carbocycles. The average molecular weight is 627 g/mol. The highest BCUT2D eigenvalue weighted by Crippen LogP contribution is 2.27. The predicted octanol–water partition coefficient (Wildman–Crippen LogP) is 5.74. The zero-order valence-electron chi connectivity index (χ0n) is 23.1. The van der Waals surface area contributed by atoms with Crippen molar-refractivity contribution in [2.75, 3.05) is 10.8 Å². The summed E-state index contributed by atoms with van der Waals surface area (Å²) in [4.78, 5) is 28.9. The van der Waals surface area contributed by atoms with Gasteiger partial charge in [0.1, 0.15) is 12.6 Å². The Morgan fingerprint density at radius 3 is 2.15 bits per heavy atom. The molecule has 0 spiro atoms. The van der Waals surface area contributed by atoms with Crippen molar-refractivity contribution in [3.05, 3.63) is 94.0 Å². The molecule has 1 N–H and O–H groups in total. The lowest BCUT2D eigenvalue weighted by molar-refractivity contribution is -0.139. The SMILES string of the molecule is Cc1ccc(CN(C(=O)CN(c2cccc(Br)c2)S(=O)(=O)c2ccc(C)cc2)C(C)C(=O)NC2CCCC2)cc1. The lowest BCUT2D eigenvalue weighted by atomic mass is 10.1. The van der Waals surface area contributed by atoms with Crippen LogP contribution in [0.4, 0.5) is 5.69 Å². The minimum absolute atomic E-state index is 0.0861. The Hall–Kier alpha value is -3.17. The lowest BCUT2D eigenvalue weighted by Crippen LogP contribution is -2.52. The number of benzene rings is 3.